The zero-order valence-corrected chi connectivity index (χ0v) is 11.1. The van der Waals surface area contributed by atoms with Gasteiger partial charge in [-0.15, -0.1) is 0 Å². The number of methoxy groups -OCH3 is 2. The van der Waals surface area contributed by atoms with E-state index >= 15 is 0 Å². The SMILES string of the molecule is COc1cc(C(O)C(O)CO)cc(OC)c1Br. The predicted molar refractivity (Wildman–Crippen MR) is 65.3 cm³/mol. The third-order valence-electron chi connectivity index (χ3n) is 2.36. The van der Waals surface area contributed by atoms with Crippen LogP contribution in [0.15, 0.2) is 16.6 Å². The second-order valence-corrected chi connectivity index (χ2v) is 4.23. The first kappa shape index (κ1) is 14.2. The van der Waals surface area contributed by atoms with Gasteiger partial charge in [-0.1, -0.05) is 0 Å². The lowest BCUT2D eigenvalue weighted by Gasteiger charge is -2.18. The predicted octanol–water partition coefficient (Wildman–Crippen LogP) is 0.853. The number of aliphatic hydroxyl groups excluding tert-OH is 3. The normalized spacial score (nSPS) is 14.2. The van der Waals surface area contributed by atoms with Gasteiger partial charge in [0.2, 0.25) is 0 Å². The van der Waals surface area contributed by atoms with E-state index in [1.165, 1.54) is 14.2 Å². The summed E-state index contributed by atoms with van der Waals surface area (Å²) in [6.45, 7) is -0.526. The fraction of sp³-hybridized carbons (Fsp3) is 0.455. The molecular formula is C11H15BrO5. The highest BCUT2D eigenvalue weighted by atomic mass is 79.9. The first-order valence-corrected chi connectivity index (χ1v) is 5.72. The molecule has 0 aromatic heterocycles. The molecule has 0 saturated carbocycles. The number of rotatable bonds is 5. The second kappa shape index (κ2) is 6.20. The van der Waals surface area contributed by atoms with E-state index < -0.39 is 18.8 Å². The molecule has 0 aliphatic heterocycles. The third kappa shape index (κ3) is 3.10. The molecule has 0 saturated heterocycles. The standard InChI is InChI=1S/C11H15BrO5/c1-16-8-3-6(11(15)7(14)5-13)4-9(17-2)10(8)12/h3-4,7,11,13-15H,5H2,1-2H3. The zero-order valence-electron chi connectivity index (χ0n) is 9.55. The number of aliphatic hydroxyl groups is 3. The van der Waals surface area contributed by atoms with Gasteiger partial charge in [0.15, 0.2) is 0 Å². The molecule has 0 heterocycles. The van der Waals surface area contributed by atoms with Crippen LogP contribution in [-0.2, 0) is 0 Å². The Bertz CT molecular complexity index is 357. The summed E-state index contributed by atoms with van der Waals surface area (Å²) in [5.41, 5.74) is 0.406. The average Bonchev–Trinajstić information content (AvgIpc) is 2.37. The summed E-state index contributed by atoms with van der Waals surface area (Å²) in [4.78, 5) is 0. The van der Waals surface area contributed by atoms with Crippen LogP contribution >= 0.6 is 15.9 Å². The maximum absolute atomic E-state index is 9.78. The van der Waals surface area contributed by atoms with Gasteiger partial charge < -0.3 is 24.8 Å². The monoisotopic (exact) mass is 306 g/mol. The molecule has 2 unspecified atom stereocenters. The maximum atomic E-state index is 9.78. The zero-order chi connectivity index (χ0) is 13.0. The molecule has 0 aliphatic carbocycles. The van der Waals surface area contributed by atoms with Crippen LogP contribution in [0, 0.1) is 0 Å². The van der Waals surface area contributed by atoms with Crippen molar-refractivity contribution in [1.82, 2.24) is 0 Å². The summed E-state index contributed by atoms with van der Waals surface area (Å²) in [5, 5.41) is 28.0. The summed E-state index contributed by atoms with van der Waals surface area (Å²) >= 11 is 3.30. The molecular weight excluding hydrogens is 292 g/mol. The van der Waals surface area contributed by atoms with Crippen molar-refractivity contribution >= 4 is 15.9 Å². The second-order valence-electron chi connectivity index (χ2n) is 3.43. The Morgan fingerprint density at radius 2 is 1.65 bits per heavy atom. The highest BCUT2D eigenvalue weighted by Gasteiger charge is 2.20. The van der Waals surface area contributed by atoms with Crippen molar-refractivity contribution in [3.63, 3.8) is 0 Å². The first-order chi connectivity index (χ1) is 8.04. The molecule has 0 amide bonds. The van der Waals surface area contributed by atoms with Gasteiger partial charge in [0.25, 0.3) is 0 Å². The van der Waals surface area contributed by atoms with Gasteiger partial charge in [0.05, 0.1) is 20.8 Å². The van der Waals surface area contributed by atoms with Gasteiger partial charge >= 0.3 is 0 Å². The van der Waals surface area contributed by atoms with Crippen LogP contribution in [0.25, 0.3) is 0 Å². The first-order valence-electron chi connectivity index (χ1n) is 4.93. The van der Waals surface area contributed by atoms with E-state index in [0.29, 0.717) is 21.5 Å². The van der Waals surface area contributed by atoms with E-state index in [1.54, 1.807) is 12.1 Å². The molecule has 0 radical (unpaired) electrons. The molecule has 0 aliphatic rings. The smallest absolute Gasteiger partial charge is 0.137 e. The van der Waals surface area contributed by atoms with E-state index in [2.05, 4.69) is 15.9 Å². The number of halogens is 1. The summed E-state index contributed by atoms with van der Waals surface area (Å²) in [6.07, 6.45) is -2.44. The van der Waals surface area contributed by atoms with Gasteiger partial charge in [-0.05, 0) is 33.6 Å². The van der Waals surface area contributed by atoms with Gasteiger partial charge in [-0.25, -0.2) is 0 Å². The molecule has 1 aromatic rings. The molecule has 96 valence electrons. The molecule has 5 nitrogen and oxygen atoms in total. The Hall–Kier alpha value is -0.820. The van der Waals surface area contributed by atoms with Gasteiger partial charge in [0.1, 0.15) is 28.2 Å². The molecule has 17 heavy (non-hydrogen) atoms. The quantitative estimate of drug-likeness (QED) is 0.752. The van der Waals surface area contributed by atoms with E-state index in [1.807, 2.05) is 0 Å². The van der Waals surface area contributed by atoms with Gasteiger partial charge in [0, 0.05) is 0 Å². The lowest BCUT2D eigenvalue weighted by atomic mass is 10.0. The molecule has 3 N–H and O–H groups in total. The van der Waals surface area contributed by atoms with Crippen LogP contribution in [0.2, 0.25) is 0 Å². The minimum atomic E-state index is -1.24. The Morgan fingerprint density at radius 3 is 2.00 bits per heavy atom. The summed E-state index contributed by atoms with van der Waals surface area (Å²) < 4.78 is 10.8. The highest BCUT2D eigenvalue weighted by molar-refractivity contribution is 9.10. The summed E-state index contributed by atoms with van der Waals surface area (Å²) in [5.74, 6) is 0.951. The van der Waals surface area contributed by atoms with Gasteiger partial charge in [-0.2, -0.15) is 0 Å². The Balaban J connectivity index is 3.17. The molecule has 2 atom stereocenters. The molecule has 0 fully saturated rings. The average molecular weight is 307 g/mol. The Labute approximate surface area is 108 Å². The maximum Gasteiger partial charge on any atom is 0.137 e. The Kier molecular flexibility index (Phi) is 5.20. The molecule has 1 aromatic carbocycles. The topological polar surface area (TPSA) is 79.2 Å². The lowest BCUT2D eigenvalue weighted by Crippen LogP contribution is -2.22. The summed E-state index contributed by atoms with van der Waals surface area (Å²) in [7, 11) is 2.97. The molecule has 6 heteroatoms. The molecule has 1 rings (SSSR count). The van der Waals surface area contributed by atoms with Crippen molar-refractivity contribution in [3.8, 4) is 11.5 Å². The molecule has 0 bridgehead atoms. The van der Waals surface area contributed by atoms with Crippen molar-refractivity contribution in [2.75, 3.05) is 20.8 Å². The molecule has 0 spiro atoms. The van der Waals surface area contributed by atoms with Crippen LogP contribution in [0.4, 0.5) is 0 Å². The third-order valence-corrected chi connectivity index (χ3v) is 3.14. The van der Waals surface area contributed by atoms with Crippen LogP contribution in [0.3, 0.4) is 0 Å². The Morgan fingerprint density at radius 1 is 1.18 bits per heavy atom. The van der Waals surface area contributed by atoms with E-state index in [4.69, 9.17) is 14.6 Å². The number of ether oxygens (including phenoxy) is 2. The van der Waals surface area contributed by atoms with Crippen molar-refractivity contribution in [2.24, 2.45) is 0 Å². The van der Waals surface area contributed by atoms with Crippen LogP contribution in [0.1, 0.15) is 11.7 Å². The number of hydrogen-bond donors (Lipinski definition) is 3. The van der Waals surface area contributed by atoms with E-state index in [9.17, 15) is 10.2 Å². The van der Waals surface area contributed by atoms with Crippen molar-refractivity contribution in [3.05, 3.63) is 22.2 Å². The minimum absolute atomic E-state index is 0.406. The lowest BCUT2D eigenvalue weighted by molar-refractivity contribution is -0.0154. The fourth-order valence-electron chi connectivity index (χ4n) is 1.38. The fourth-order valence-corrected chi connectivity index (χ4v) is 1.94. The highest BCUT2D eigenvalue weighted by Crippen LogP contribution is 2.37. The number of hydrogen-bond acceptors (Lipinski definition) is 5. The van der Waals surface area contributed by atoms with Crippen molar-refractivity contribution in [2.45, 2.75) is 12.2 Å². The minimum Gasteiger partial charge on any atom is -0.495 e. The number of benzene rings is 1. The summed E-state index contributed by atoms with van der Waals surface area (Å²) in [6, 6.07) is 3.13. The van der Waals surface area contributed by atoms with Crippen molar-refractivity contribution in [1.29, 1.82) is 0 Å². The largest absolute Gasteiger partial charge is 0.495 e. The van der Waals surface area contributed by atoms with Crippen LogP contribution in [-0.4, -0.2) is 42.3 Å². The van der Waals surface area contributed by atoms with E-state index in [-0.39, 0.29) is 0 Å². The van der Waals surface area contributed by atoms with E-state index in [0.717, 1.165) is 0 Å². The van der Waals surface area contributed by atoms with Crippen LogP contribution < -0.4 is 9.47 Å². The van der Waals surface area contributed by atoms with Crippen molar-refractivity contribution < 1.29 is 24.8 Å². The van der Waals surface area contributed by atoms with Gasteiger partial charge in [-0.3, -0.25) is 0 Å². The van der Waals surface area contributed by atoms with Crippen LogP contribution in [0.5, 0.6) is 11.5 Å².